The molecular weight excluding hydrogens is 716 g/mol. The first-order valence-electron chi connectivity index (χ1n) is 9.30. The highest BCUT2D eigenvalue weighted by Crippen LogP contribution is 2.31. The number of carbonyl (C=O) groups excluding carboxylic acids is 1. The maximum absolute atomic E-state index is 12.5. The number of nitro benzene ring substituents is 1. The van der Waals surface area contributed by atoms with E-state index in [1.54, 1.807) is 48.5 Å². The molecule has 3 aromatic carbocycles. The third-order valence-corrected chi connectivity index (χ3v) is 6.43. The van der Waals surface area contributed by atoms with Crippen molar-refractivity contribution in [1.29, 1.82) is 5.26 Å². The van der Waals surface area contributed by atoms with Gasteiger partial charge in [-0.3, -0.25) is 14.9 Å². The molecule has 7 nitrogen and oxygen atoms in total. The highest BCUT2D eigenvalue weighted by Gasteiger charge is 2.13. The number of non-ortho nitro benzene ring substituents is 1. The zero-order valence-corrected chi connectivity index (χ0v) is 22.6. The highest BCUT2D eigenvalue weighted by molar-refractivity contribution is 14.1. The summed E-state index contributed by atoms with van der Waals surface area (Å²) in [5.41, 5.74) is 1.91. The number of halogens is 3. The van der Waals surface area contributed by atoms with Gasteiger partial charge in [0, 0.05) is 22.3 Å². The third-order valence-electron chi connectivity index (χ3n) is 4.30. The molecule has 166 valence electrons. The SMILES string of the molecule is N#C/C(=C/c1cc(I)c(OCc2cccc([N+](=O)[O-])c2)c(I)c1)C(=O)Nc1ccc(Br)cc1. The molecule has 1 amide bonds. The molecular formula is C23H14BrI2N3O4. The Bertz CT molecular complexity index is 1260. The monoisotopic (exact) mass is 729 g/mol. The fourth-order valence-corrected chi connectivity index (χ4v) is 5.15. The molecule has 0 heterocycles. The van der Waals surface area contributed by atoms with Gasteiger partial charge in [0.05, 0.1) is 12.1 Å². The number of ether oxygens (including phenoxy) is 1. The zero-order chi connectivity index (χ0) is 24.0. The molecule has 0 aliphatic carbocycles. The molecule has 0 aliphatic heterocycles. The maximum Gasteiger partial charge on any atom is 0.269 e. The van der Waals surface area contributed by atoms with Gasteiger partial charge in [0.1, 0.15) is 24.0 Å². The van der Waals surface area contributed by atoms with Crippen LogP contribution in [0.1, 0.15) is 11.1 Å². The molecule has 0 saturated heterocycles. The minimum absolute atomic E-state index is 0.00595. The maximum atomic E-state index is 12.5. The molecule has 3 aromatic rings. The molecule has 33 heavy (non-hydrogen) atoms. The van der Waals surface area contributed by atoms with Gasteiger partial charge in [-0.1, -0.05) is 28.1 Å². The van der Waals surface area contributed by atoms with E-state index in [0.717, 1.165) is 11.6 Å². The van der Waals surface area contributed by atoms with Crippen LogP contribution in [0.4, 0.5) is 11.4 Å². The van der Waals surface area contributed by atoms with Crippen molar-refractivity contribution in [2.75, 3.05) is 5.32 Å². The Morgan fingerprint density at radius 1 is 1.15 bits per heavy atom. The normalized spacial score (nSPS) is 10.9. The number of amides is 1. The summed E-state index contributed by atoms with van der Waals surface area (Å²) in [5, 5.41) is 23.1. The van der Waals surface area contributed by atoms with Crippen LogP contribution in [-0.4, -0.2) is 10.8 Å². The fraction of sp³-hybridized carbons (Fsp3) is 0.0435. The van der Waals surface area contributed by atoms with Crippen LogP contribution in [0.2, 0.25) is 0 Å². The first-order valence-corrected chi connectivity index (χ1v) is 12.3. The Labute approximate surface area is 225 Å². The molecule has 0 radical (unpaired) electrons. The topological polar surface area (TPSA) is 105 Å². The van der Waals surface area contributed by atoms with E-state index >= 15 is 0 Å². The van der Waals surface area contributed by atoms with Gasteiger partial charge in [-0.2, -0.15) is 5.26 Å². The Kier molecular flexibility index (Phi) is 8.81. The molecule has 0 bridgehead atoms. The molecule has 0 atom stereocenters. The van der Waals surface area contributed by atoms with Crippen LogP contribution >= 0.6 is 61.1 Å². The smallest absolute Gasteiger partial charge is 0.269 e. The molecule has 0 aromatic heterocycles. The number of nitrogens with zero attached hydrogens (tertiary/aromatic N) is 2. The van der Waals surface area contributed by atoms with Crippen molar-refractivity contribution in [2.45, 2.75) is 6.61 Å². The lowest BCUT2D eigenvalue weighted by Gasteiger charge is -2.12. The predicted molar refractivity (Wildman–Crippen MR) is 146 cm³/mol. The number of nitro groups is 1. The van der Waals surface area contributed by atoms with E-state index < -0.39 is 10.8 Å². The van der Waals surface area contributed by atoms with E-state index in [4.69, 9.17) is 4.74 Å². The average Bonchev–Trinajstić information content (AvgIpc) is 2.78. The number of nitriles is 1. The number of hydrogen-bond acceptors (Lipinski definition) is 5. The van der Waals surface area contributed by atoms with Crippen LogP contribution in [-0.2, 0) is 11.4 Å². The fourth-order valence-electron chi connectivity index (χ4n) is 2.76. The van der Waals surface area contributed by atoms with Gasteiger partial charge in [0.2, 0.25) is 0 Å². The van der Waals surface area contributed by atoms with Crippen molar-refractivity contribution < 1.29 is 14.5 Å². The van der Waals surface area contributed by atoms with Crippen LogP contribution in [0.5, 0.6) is 5.75 Å². The predicted octanol–water partition coefficient (Wildman–Crippen LogP) is 6.69. The Balaban J connectivity index is 1.76. The van der Waals surface area contributed by atoms with E-state index in [1.165, 1.54) is 18.2 Å². The van der Waals surface area contributed by atoms with Crippen LogP contribution in [0.3, 0.4) is 0 Å². The Morgan fingerprint density at radius 3 is 2.42 bits per heavy atom. The molecule has 0 aliphatic rings. The molecule has 1 N–H and O–H groups in total. The van der Waals surface area contributed by atoms with E-state index in [0.29, 0.717) is 22.6 Å². The van der Waals surface area contributed by atoms with Crippen molar-refractivity contribution in [1.82, 2.24) is 0 Å². The number of benzene rings is 3. The summed E-state index contributed by atoms with van der Waals surface area (Å²) in [6.07, 6.45) is 1.52. The number of anilines is 1. The largest absolute Gasteiger partial charge is 0.487 e. The minimum atomic E-state index is -0.504. The van der Waals surface area contributed by atoms with Gasteiger partial charge >= 0.3 is 0 Å². The standard InChI is InChI=1S/C23H14BrI2N3O4/c24-17-4-6-18(7-5-17)28-23(30)16(12-27)8-15-10-20(25)22(21(26)11-15)33-13-14-2-1-3-19(9-14)29(31)32/h1-11H,13H2,(H,28,30)/b16-8-. The summed E-state index contributed by atoms with van der Waals surface area (Å²) in [6.45, 7) is 0.169. The lowest BCUT2D eigenvalue weighted by Crippen LogP contribution is -2.13. The van der Waals surface area contributed by atoms with Crippen LogP contribution in [0.15, 0.2) is 70.7 Å². The molecule has 0 unspecified atom stereocenters. The second-order valence-electron chi connectivity index (χ2n) is 6.66. The molecule has 0 saturated carbocycles. The van der Waals surface area contributed by atoms with Crippen LogP contribution in [0, 0.1) is 28.6 Å². The second kappa shape index (κ2) is 11.6. The summed E-state index contributed by atoms with van der Waals surface area (Å²) in [6, 6.07) is 18.9. The first kappa shape index (κ1) is 25.1. The van der Waals surface area contributed by atoms with Crippen molar-refractivity contribution in [3.05, 3.63) is 99.1 Å². The van der Waals surface area contributed by atoms with Crippen molar-refractivity contribution in [3.63, 3.8) is 0 Å². The van der Waals surface area contributed by atoms with Crippen LogP contribution in [0.25, 0.3) is 6.08 Å². The summed E-state index contributed by atoms with van der Waals surface area (Å²) in [7, 11) is 0. The van der Waals surface area contributed by atoms with Crippen molar-refractivity contribution in [2.24, 2.45) is 0 Å². The summed E-state index contributed by atoms with van der Waals surface area (Å²) in [4.78, 5) is 23.0. The van der Waals surface area contributed by atoms with Gasteiger partial charge in [0.15, 0.2) is 0 Å². The molecule has 0 fully saturated rings. The number of carbonyl (C=O) groups is 1. The van der Waals surface area contributed by atoms with Crippen molar-refractivity contribution in [3.8, 4) is 11.8 Å². The van der Waals surface area contributed by atoms with E-state index in [1.807, 2.05) is 6.07 Å². The Morgan fingerprint density at radius 2 is 1.82 bits per heavy atom. The molecule has 3 rings (SSSR count). The van der Waals surface area contributed by atoms with Gasteiger partial charge < -0.3 is 10.1 Å². The number of nitrogens with one attached hydrogen (secondary N) is 1. The zero-order valence-electron chi connectivity index (χ0n) is 16.7. The van der Waals surface area contributed by atoms with Crippen molar-refractivity contribution >= 4 is 84.5 Å². The van der Waals surface area contributed by atoms with E-state index in [2.05, 4.69) is 66.4 Å². The van der Waals surface area contributed by atoms with E-state index in [-0.39, 0.29) is 17.9 Å². The molecule has 0 spiro atoms. The summed E-state index contributed by atoms with van der Waals surface area (Å²) < 4.78 is 8.35. The quantitative estimate of drug-likeness (QED) is 0.0960. The molecule has 10 heteroatoms. The summed E-state index contributed by atoms with van der Waals surface area (Å²) in [5.74, 6) is 0.119. The lowest BCUT2D eigenvalue weighted by atomic mass is 10.1. The van der Waals surface area contributed by atoms with Crippen LogP contribution < -0.4 is 10.1 Å². The number of rotatable bonds is 7. The van der Waals surface area contributed by atoms with Gasteiger partial charge in [-0.15, -0.1) is 0 Å². The van der Waals surface area contributed by atoms with E-state index in [9.17, 15) is 20.2 Å². The lowest BCUT2D eigenvalue weighted by molar-refractivity contribution is -0.384. The first-order chi connectivity index (χ1) is 15.8. The average molecular weight is 730 g/mol. The third kappa shape index (κ3) is 6.99. The number of hydrogen-bond donors (Lipinski definition) is 1. The second-order valence-corrected chi connectivity index (χ2v) is 9.90. The summed E-state index contributed by atoms with van der Waals surface area (Å²) >= 11 is 7.56. The minimum Gasteiger partial charge on any atom is -0.487 e. The Hall–Kier alpha value is -2.50. The highest BCUT2D eigenvalue weighted by atomic mass is 127. The van der Waals surface area contributed by atoms with Gasteiger partial charge in [0.25, 0.3) is 11.6 Å². The van der Waals surface area contributed by atoms with Gasteiger partial charge in [-0.25, -0.2) is 0 Å². The van der Waals surface area contributed by atoms with Gasteiger partial charge in [-0.05, 0) is 98.8 Å².